The van der Waals surface area contributed by atoms with Crippen LogP contribution in [0, 0.1) is 11.3 Å². The summed E-state index contributed by atoms with van der Waals surface area (Å²) < 4.78 is 69.6. The summed E-state index contributed by atoms with van der Waals surface area (Å²) in [6.07, 6.45) is -3.47. The molecule has 206 valence electrons. The molecule has 9 nitrogen and oxygen atoms in total. The van der Waals surface area contributed by atoms with E-state index in [4.69, 9.17) is 5.26 Å². The van der Waals surface area contributed by atoms with E-state index in [0.29, 0.717) is 17.2 Å². The molecule has 0 saturated carbocycles. The molecule has 0 bridgehead atoms. The van der Waals surface area contributed by atoms with Crippen LogP contribution in [0.2, 0.25) is 0 Å². The molecule has 2 heterocycles. The van der Waals surface area contributed by atoms with E-state index in [-0.39, 0.29) is 22.0 Å². The Kier molecular flexibility index (Phi) is 7.51. The number of pyridine rings is 1. The number of halogens is 3. The summed E-state index contributed by atoms with van der Waals surface area (Å²) in [6, 6.07) is 17.4. The molecule has 2 aromatic carbocycles. The van der Waals surface area contributed by atoms with Gasteiger partial charge in [-0.05, 0) is 57.2 Å². The average molecular weight is 569 g/mol. The number of aromatic nitrogens is 3. The number of sulfonamides is 1. The first kappa shape index (κ1) is 28.5. The van der Waals surface area contributed by atoms with Gasteiger partial charge < -0.3 is 5.32 Å². The van der Waals surface area contributed by atoms with Gasteiger partial charge in [0.05, 0.1) is 22.2 Å². The number of hydrogen-bond acceptors (Lipinski definition) is 6. The summed E-state index contributed by atoms with van der Waals surface area (Å²) in [4.78, 5) is 17.2. The van der Waals surface area contributed by atoms with Gasteiger partial charge in [0.15, 0.2) is 5.69 Å². The van der Waals surface area contributed by atoms with Crippen LogP contribution < -0.4 is 10.0 Å². The number of benzene rings is 2. The fraction of sp³-hybridized carbons (Fsp3) is 0.185. The minimum atomic E-state index is -4.82. The smallest absolute Gasteiger partial charge is 0.305 e. The summed E-state index contributed by atoms with van der Waals surface area (Å²) >= 11 is 0. The molecule has 0 aliphatic carbocycles. The molecule has 0 aliphatic heterocycles. The molecule has 13 heteroatoms. The van der Waals surface area contributed by atoms with Crippen molar-refractivity contribution in [3.8, 4) is 22.9 Å². The molecule has 2 N–H and O–H groups in total. The lowest BCUT2D eigenvalue weighted by atomic mass is 10.1. The van der Waals surface area contributed by atoms with Crippen LogP contribution in [0.15, 0.2) is 77.8 Å². The lowest BCUT2D eigenvalue weighted by Crippen LogP contribution is -2.40. The van der Waals surface area contributed by atoms with Crippen LogP contribution in [-0.4, -0.2) is 34.6 Å². The van der Waals surface area contributed by atoms with Gasteiger partial charge >= 0.3 is 6.18 Å². The normalized spacial score (nSPS) is 12.1. The number of nitrogens with one attached hydrogen (secondary N) is 2. The minimum absolute atomic E-state index is 0.00832. The Morgan fingerprint density at radius 3 is 2.35 bits per heavy atom. The third-order valence-electron chi connectivity index (χ3n) is 5.39. The third-order valence-corrected chi connectivity index (χ3v) is 7.20. The van der Waals surface area contributed by atoms with Crippen molar-refractivity contribution in [1.82, 2.24) is 19.5 Å². The monoisotopic (exact) mass is 568 g/mol. The molecule has 0 atom stereocenters. The van der Waals surface area contributed by atoms with Gasteiger partial charge in [0.2, 0.25) is 10.0 Å². The molecule has 0 fully saturated rings. The van der Waals surface area contributed by atoms with E-state index in [0.717, 1.165) is 4.68 Å². The number of alkyl halides is 3. The Hall–Kier alpha value is -4.54. The van der Waals surface area contributed by atoms with E-state index in [1.165, 1.54) is 48.7 Å². The van der Waals surface area contributed by atoms with Crippen LogP contribution in [0.5, 0.6) is 0 Å². The second-order valence-electron chi connectivity index (χ2n) is 9.72. The Labute approximate surface area is 228 Å². The largest absolute Gasteiger partial charge is 0.435 e. The number of carbonyl (C=O) groups excluding carboxylic acids is 1. The first-order valence-electron chi connectivity index (χ1n) is 11.8. The number of amides is 1. The zero-order valence-corrected chi connectivity index (χ0v) is 22.3. The highest BCUT2D eigenvalue weighted by Gasteiger charge is 2.36. The highest BCUT2D eigenvalue weighted by Crippen LogP contribution is 2.31. The standard InChI is InChI=1S/C27H23F3N6O3S/c1-26(2,3)35-40(38,39)22-10-5-4-9-20(22)18-11-12-24(32-16-18)33-25(37)21-14-23(27(28,29)30)34-36(21)19-8-6-7-17(13-19)15-31/h4-14,16,35H,1-3H3,(H,32,33,37). The van der Waals surface area contributed by atoms with E-state index in [1.54, 1.807) is 39.0 Å². The Balaban J connectivity index is 1.65. The van der Waals surface area contributed by atoms with Crippen molar-refractivity contribution in [2.75, 3.05) is 5.32 Å². The van der Waals surface area contributed by atoms with E-state index in [2.05, 4.69) is 20.1 Å². The second kappa shape index (κ2) is 10.6. The zero-order chi connectivity index (χ0) is 29.3. The maximum absolute atomic E-state index is 13.4. The number of nitriles is 1. The maximum Gasteiger partial charge on any atom is 0.435 e. The van der Waals surface area contributed by atoms with Gasteiger partial charge in [0.25, 0.3) is 5.91 Å². The zero-order valence-electron chi connectivity index (χ0n) is 21.5. The van der Waals surface area contributed by atoms with Crippen LogP contribution in [-0.2, 0) is 16.2 Å². The molecular weight excluding hydrogens is 545 g/mol. The van der Waals surface area contributed by atoms with Crippen molar-refractivity contribution in [2.24, 2.45) is 0 Å². The quantitative estimate of drug-likeness (QED) is 0.331. The van der Waals surface area contributed by atoms with Crippen molar-refractivity contribution in [1.29, 1.82) is 5.26 Å². The summed E-state index contributed by atoms with van der Waals surface area (Å²) in [7, 11) is -3.88. The van der Waals surface area contributed by atoms with Gasteiger partial charge in [-0.25, -0.2) is 22.8 Å². The van der Waals surface area contributed by atoms with Gasteiger partial charge in [-0.3, -0.25) is 4.79 Å². The van der Waals surface area contributed by atoms with Crippen LogP contribution in [0.1, 0.15) is 42.5 Å². The van der Waals surface area contributed by atoms with Crippen molar-refractivity contribution in [3.63, 3.8) is 0 Å². The van der Waals surface area contributed by atoms with Crippen LogP contribution in [0.4, 0.5) is 19.0 Å². The van der Waals surface area contributed by atoms with Gasteiger partial charge in [-0.15, -0.1) is 0 Å². The molecule has 4 rings (SSSR count). The summed E-state index contributed by atoms with van der Waals surface area (Å²) in [5, 5.41) is 15.1. The maximum atomic E-state index is 13.4. The van der Waals surface area contributed by atoms with E-state index >= 15 is 0 Å². The molecule has 2 aromatic heterocycles. The van der Waals surface area contributed by atoms with Gasteiger partial charge in [0, 0.05) is 28.9 Å². The molecule has 1 amide bonds. The highest BCUT2D eigenvalue weighted by molar-refractivity contribution is 7.89. The molecule has 40 heavy (non-hydrogen) atoms. The van der Waals surface area contributed by atoms with Crippen molar-refractivity contribution in [2.45, 2.75) is 37.4 Å². The van der Waals surface area contributed by atoms with Crippen molar-refractivity contribution >= 4 is 21.7 Å². The number of rotatable bonds is 6. The van der Waals surface area contributed by atoms with Crippen LogP contribution in [0.25, 0.3) is 16.8 Å². The van der Waals surface area contributed by atoms with Crippen molar-refractivity contribution < 1.29 is 26.4 Å². The second-order valence-corrected chi connectivity index (χ2v) is 11.4. The molecular formula is C27H23F3N6O3S. The highest BCUT2D eigenvalue weighted by atomic mass is 32.2. The average Bonchev–Trinajstić information content (AvgIpc) is 3.35. The molecule has 0 spiro atoms. The molecule has 0 aliphatic rings. The fourth-order valence-corrected chi connectivity index (χ4v) is 5.44. The summed E-state index contributed by atoms with van der Waals surface area (Å²) in [6.45, 7) is 5.15. The molecule has 0 radical (unpaired) electrons. The lowest BCUT2D eigenvalue weighted by molar-refractivity contribution is -0.141. The minimum Gasteiger partial charge on any atom is -0.305 e. The van der Waals surface area contributed by atoms with Gasteiger partial charge in [-0.2, -0.15) is 23.5 Å². The lowest BCUT2D eigenvalue weighted by Gasteiger charge is -2.21. The fourth-order valence-electron chi connectivity index (χ4n) is 3.79. The first-order chi connectivity index (χ1) is 18.7. The number of carbonyl (C=O) groups is 1. The Morgan fingerprint density at radius 1 is 1.00 bits per heavy atom. The SMILES string of the molecule is CC(C)(C)NS(=O)(=O)c1ccccc1-c1ccc(NC(=O)c2cc(C(F)(F)F)nn2-c2cccc(C#N)c2)nc1. The van der Waals surface area contributed by atoms with Crippen LogP contribution >= 0.6 is 0 Å². The Morgan fingerprint density at radius 2 is 1.73 bits per heavy atom. The van der Waals surface area contributed by atoms with Gasteiger partial charge in [-0.1, -0.05) is 24.3 Å². The predicted molar refractivity (Wildman–Crippen MR) is 141 cm³/mol. The van der Waals surface area contributed by atoms with E-state index in [1.807, 2.05) is 6.07 Å². The van der Waals surface area contributed by atoms with Crippen molar-refractivity contribution in [3.05, 3.63) is 89.9 Å². The first-order valence-corrected chi connectivity index (χ1v) is 13.2. The molecule has 0 saturated heterocycles. The van der Waals surface area contributed by atoms with E-state index in [9.17, 15) is 26.4 Å². The number of anilines is 1. The summed E-state index contributed by atoms with van der Waals surface area (Å²) in [5.41, 5.74) is -1.37. The molecule has 4 aromatic rings. The molecule has 0 unspecified atom stereocenters. The van der Waals surface area contributed by atoms with E-state index < -0.39 is 39.0 Å². The summed E-state index contributed by atoms with van der Waals surface area (Å²) in [5.74, 6) is -0.919. The van der Waals surface area contributed by atoms with Gasteiger partial charge in [0.1, 0.15) is 11.5 Å². The topological polar surface area (TPSA) is 130 Å². The third kappa shape index (κ3) is 6.36. The van der Waals surface area contributed by atoms with Crippen LogP contribution in [0.3, 0.4) is 0 Å². The number of nitrogens with zero attached hydrogens (tertiary/aromatic N) is 4. The Bertz CT molecular complexity index is 1720. The number of hydrogen-bond donors (Lipinski definition) is 2. The predicted octanol–water partition coefficient (Wildman–Crippen LogP) is 5.15.